The van der Waals surface area contributed by atoms with Gasteiger partial charge in [0.05, 0.1) is 0 Å². The number of halogens is 1. The van der Waals surface area contributed by atoms with E-state index in [0.29, 0.717) is 35.0 Å². The number of nitrogens with one attached hydrogen (secondary N) is 1. The van der Waals surface area contributed by atoms with Crippen LogP contribution in [-0.2, 0) is 12.2 Å². The lowest BCUT2D eigenvalue weighted by Crippen LogP contribution is -2.26. The maximum Gasteiger partial charge on any atom is 0.251 e. The van der Waals surface area contributed by atoms with Crippen LogP contribution in [0.3, 0.4) is 0 Å². The third-order valence-corrected chi connectivity index (χ3v) is 5.68. The molecule has 5 nitrogen and oxygen atoms in total. The second kappa shape index (κ2) is 10.0. The largest absolute Gasteiger partial charge is 0.352 e. The smallest absolute Gasteiger partial charge is 0.251 e. The molecule has 0 aliphatic heterocycles. The molecule has 7 heteroatoms. The molecule has 156 valence electrons. The predicted octanol–water partition coefficient (Wildman–Crippen LogP) is 4.67. The molecular formula is C24H21FN4OS. The van der Waals surface area contributed by atoms with Gasteiger partial charge in [0.15, 0.2) is 5.16 Å². The first-order valence-corrected chi connectivity index (χ1v) is 10.9. The number of rotatable bonds is 8. The third-order valence-electron chi connectivity index (χ3n) is 4.70. The van der Waals surface area contributed by atoms with Gasteiger partial charge in [-0.3, -0.25) is 9.36 Å². The van der Waals surface area contributed by atoms with Crippen LogP contribution in [0.1, 0.15) is 21.7 Å². The van der Waals surface area contributed by atoms with E-state index < -0.39 is 0 Å². The minimum Gasteiger partial charge on any atom is -0.352 e. The second-order valence-electron chi connectivity index (χ2n) is 6.82. The SMILES string of the molecule is O=C(NCCc1nnc(SCc2ccccc2F)n1-c1ccccc1)c1ccccc1. The van der Waals surface area contributed by atoms with Gasteiger partial charge in [0.2, 0.25) is 0 Å². The van der Waals surface area contributed by atoms with Gasteiger partial charge in [0.1, 0.15) is 11.6 Å². The number of hydrogen-bond donors (Lipinski definition) is 1. The Bertz CT molecular complexity index is 1150. The van der Waals surface area contributed by atoms with E-state index >= 15 is 0 Å². The van der Waals surface area contributed by atoms with Gasteiger partial charge in [0.25, 0.3) is 5.91 Å². The molecule has 0 atom stereocenters. The van der Waals surface area contributed by atoms with Gasteiger partial charge in [0, 0.05) is 30.0 Å². The minimum absolute atomic E-state index is 0.125. The van der Waals surface area contributed by atoms with Crippen LogP contribution in [-0.4, -0.2) is 27.2 Å². The molecule has 0 saturated heterocycles. The zero-order valence-electron chi connectivity index (χ0n) is 16.7. The molecule has 1 aromatic heterocycles. The number of aromatic nitrogens is 3. The monoisotopic (exact) mass is 432 g/mol. The van der Waals surface area contributed by atoms with E-state index in [0.717, 1.165) is 11.5 Å². The summed E-state index contributed by atoms with van der Waals surface area (Å²) in [6, 6.07) is 25.6. The molecule has 0 spiro atoms. The van der Waals surface area contributed by atoms with Gasteiger partial charge in [-0.1, -0.05) is 66.4 Å². The maximum absolute atomic E-state index is 14.0. The summed E-state index contributed by atoms with van der Waals surface area (Å²) in [6.07, 6.45) is 0.515. The molecule has 0 radical (unpaired) electrons. The topological polar surface area (TPSA) is 59.8 Å². The molecule has 0 unspecified atom stereocenters. The first kappa shape index (κ1) is 20.8. The van der Waals surface area contributed by atoms with Crippen molar-refractivity contribution < 1.29 is 9.18 Å². The molecule has 0 bridgehead atoms. The Hall–Kier alpha value is -3.45. The van der Waals surface area contributed by atoms with Gasteiger partial charge < -0.3 is 5.32 Å². The average Bonchev–Trinajstić information content (AvgIpc) is 3.22. The summed E-state index contributed by atoms with van der Waals surface area (Å²) in [4.78, 5) is 12.3. The first-order chi connectivity index (χ1) is 15.2. The van der Waals surface area contributed by atoms with Crippen LogP contribution >= 0.6 is 11.8 Å². The highest BCUT2D eigenvalue weighted by atomic mass is 32.2. The van der Waals surface area contributed by atoms with Crippen molar-refractivity contribution in [2.45, 2.75) is 17.3 Å². The molecule has 1 N–H and O–H groups in total. The number of thioether (sulfide) groups is 1. The highest BCUT2D eigenvalue weighted by Gasteiger charge is 2.15. The van der Waals surface area contributed by atoms with Crippen LogP contribution in [0.15, 0.2) is 90.1 Å². The quantitative estimate of drug-likeness (QED) is 0.411. The fourth-order valence-electron chi connectivity index (χ4n) is 3.13. The van der Waals surface area contributed by atoms with Crippen LogP contribution in [0.2, 0.25) is 0 Å². The number of para-hydroxylation sites is 1. The molecule has 3 aromatic carbocycles. The normalized spacial score (nSPS) is 10.7. The highest BCUT2D eigenvalue weighted by molar-refractivity contribution is 7.98. The summed E-state index contributed by atoms with van der Waals surface area (Å²) in [5.74, 6) is 0.823. The summed E-state index contributed by atoms with van der Waals surface area (Å²) >= 11 is 1.43. The fourth-order valence-corrected chi connectivity index (χ4v) is 4.09. The Labute approximate surface area is 184 Å². The Kier molecular flexibility index (Phi) is 6.74. The second-order valence-corrected chi connectivity index (χ2v) is 7.76. The van der Waals surface area contributed by atoms with E-state index in [-0.39, 0.29) is 11.7 Å². The van der Waals surface area contributed by atoms with Crippen molar-refractivity contribution in [3.05, 3.63) is 108 Å². The summed E-state index contributed by atoms with van der Waals surface area (Å²) in [5, 5.41) is 12.3. The van der Waals surface area contributed by atoms with E-state index in [1.54, 1.807) is 24.3 Å². The Morgan fingerprint density at radius 1 is 0.903 bits per heavy atom. The van der Waals surface area contributed by atoms with Crippen molar-refractivity contribution in [3.8, 4) is 5.69 Å². The molecule has 31 heavy (non-hydrogen) atoms. The molecule has 4 aromatic rings. The molecule has 1 heterocycles. The van der Waals surface area contributed by atoms with Crippen LogP contribution < -0.4 is 5.32 Å². The van der Waals surface area contributed by atoms with Gasteiger partial charge >= 0.3 is 0 Å². The van der Waals surface area contributed by atoms with Crippen molar-refractivity contribution in [1.29, 1.82) is 0 Å². The van der Waals surface area contributed by atoms with Crippen LogP contribution in [0.25, 0.3) is 5.69 Å². The van der Waals surface area contributed by atoms with Crippen molar-refractivity contribution in [2.75, 3.05) is 6.54 Å². The maximum atomic E-state index is 14.0. The lowest BCUT2D eigenvalue weighted by Gasteiger charge is -2.11. The van der Waals surface area contributed by atoms with Crippen LogP contribution in [0.4, 0.5) is 4.39 Å². The number of amides is 1. The molecule has 0 fully saturated rings. The molecule has 0 saturated carbocycles. The van der Waals surface area contributed by atoms with E-state index in [2.05, 4.69) is 15.5 Å². The van der Waals surface area contributed by atoms with Crippen LogP contribution in [0, 0.1) is 5.82 Å². The number of benzene rings is 3. The third kappa shape index (κ3) is 5.19. The number of nitrogens with zero attached hydrogens (tertiary/aromatic N) is 3. The van der Waals surface area contributed by atoms with E-state index in [1.807, 2.05) is 59.2 Å². The van der Waals surface area contributed by atoms with Crippen LogP contribution in [0.5, 0.6) is 0 Å². The molecule has 1 amide bonds. The Balaban J connectivity index is 1.49. The minimum atomic E-state index is -0.232. The van der Waals surface area contributed by atoms with Crippen molar-refractivity contribution >= 4 is 17.7 Å². The highest BCUT2D eigenvalue weighted by Crippen LogP contribution is 2.26. The standard InChI is InChI=1S/C24H21FN4OS/c25-21-14-8-7-11-19(21)17-31-24-28-27-22(29(24)20-12-5-2-6-13-20)15-16-26-23(30)18-9-3-1-4-10-18/h1-14H,15-17H2,(H,26,30). The van der Waals surface area contributed by atoms with Crippen molar-refractivity contribution in [3.63, 3.8) is 0 Å². The van der Waals surface area contributed by atoms with Gasteiger partial charge in [-0.05, 0) is 35.9 Å². The molecule has 0 aliphatic carbocycles. The van der Waals surface area contributed by atoms with E-state index in [1.165, 1.54) is 17.8 Å². The molecule has 0 aliphatic rings. The molecular weight excluding hydrogens is 411 g/mol. The summed E-state index contributed by atoms with van der Waals surface area (Å²) in [7, 11) is 0. The molecule has 4 rings (SSSR count). The average molecular weight is 433 g/mol. The summed E-state index contributed by atoms with van der Waals surface area (Å²) in [6.45, 7) is 0.427. The predicted molar refractivity (Wildman–Crippen MR) is 120 cm³/mol. The van der Waals surface area contributed by atoms with Gasteiger partial charge in [-0.25, -0.2) is 4.39 Å². The van der Waals surface area contributed by atoms with Crippen molar-refractivity contribution in [2.24, 2.45) is 0 Å². The summed E-state index contributed by atoms with van der Waals surface area (Å²) < 4.78 is 16.0. The van der Waals surface area contributed by atoms with Gasteiger partial charge in [-0.15, -0.1) is 10.2 Å². The van der Waals surface area contributed by atoms with E-state index in [9.17, 15) is 9.18 Å². The first-order valence-electron chi connectivity index (χ1n) is 9.91. The summed E-state index contributed by atoms with van der Waals surface area (Å²) in [5.41, 5.74) is 2.16. The number of carbonyl (C=O) groups is 1. The lowest BCUT2D eigenvalue weighted by molar-refractivity contribution is 0.0954. The zero-order valence-corrected chi connectivity index (χ0v) is 17.6. The zero-order chi connectivity index (χ0) is 21.5. The Morgan fingerprint density at radius 3 is 2.32 bits per heavy atom. The van der Waals surface area contributed by atoms with Crippen molar-refractivity contribution in [1.82, 2.24) is 20.1 Å². The Morgan fingerprint density at radius 2 is 1.58 bits per heavy atom. The number of carbonyl (C=O) groups excluding carboxylic acids is 1. The van der Waals surface area contributed by atoms with Gasteiger partial charge in [-0.2, -0.15) is 0 Å². The van der Waals surface area contributed by atoms with E-state index in [4.69, 9.17) is 0 Å². The fraction of sp³-hybridized carbons (Fsp3) is 0.125. The number of hydrogen-bond acceptors (Lipinski definition) is 4. The lowest BCUT2D eigenvalue weighted by atomic mass is 10.2.